The number of likely N-dealkylation sites (tertiary alicyclic amines) is 1. The maximum Gasteiger partial charge on any atom is 0.409 e. The van der Waals surface area contributed by atoms with E-state index in [2.05, 4.69) is 20.9 Å². The third kappa shape index (κ3) is 9.32. The number of aliphatic imine (C=N–C) groups is 1. The first-order valence-corrected chi connectivity index (χ1v) is 10.8. The van der Waals surface area contributed by atoms with Crippen molar-refractivity contribution in [2.24, 2.45) is 10.9 Å². The van der Waals surface area contributed by atoms with Gasteiger partial charge in [0.05, 0.1) is 13.2 Å². The van der Waals surface area contributed by atoms with Crippen molar-refractivity contribution in [2.75, 3.05) is 31.6 Å². The number of hydrogen-bond donors (Lipinski definition) is 3. The van der Waals surface area contributed by atoms with Crippen molar-refractivity contribution < 1.29 is 14.3 Å². The smallest absolute Gasteiger partial charge is 0.409 e. The first-order valence-electron chi connectivity index (χ1n) is 10.8. The summed E-state index contributed by atoms with van der Waals surface area (Å²) in [6.45, 7) is 10.7. The second-order valence-electron chi connectivity index (χ2n) is 7.64. The molecule has 0 radical (unpaired) electrons. The van der Waals surface area contributed by atoms with Crippen LogP contribution >= 0.6 is 24.0 Å². The lowest BCUT2D eigenvalue weighted by Crippen LogP contribution is -2.49. The van der Waals surface area contributed by atoms with Crippen molar-refractivity contribution in [1.29, 1.82) is 0 Å². The Hall–Kier alpha value is -2.04. The molecule has 174 valence electrons. The number of carbonyl (C=O) groups is 2. The lowest BCUT2D eigenvalue weighted by atomic mass is 10.1. The third-order valence-electron chi connectivity index (χ3n) is 4.87. The van der Waals surface area contributed by atoms with Crippen molar-refractivity contribution in [3.8, 4) is 0 Å². The van der Waals surface area contributed by atoms with Crippen LogP contribution in [0.15, 0.2) is 29.3 Å². The van der Waals surface area contributed by atoms with Gasteiger partial charge in [-0.2, -0.15) is 0 Å². The molecule has 1 aromatic rings. The standard InChI is InChI=1S/C22H35N5O3.HI/c1-5-23-21(26-19-11-13-27(14-12-19)22(29)30-6-2)24-15-17-7-9-18(10-8-17)25-20(28)16(3)4;/h7-10,16,19H,5-6,11-15H2,1-4H3,(H,25,28)(H2,23,24,26);1H. The van der Waals surface area contributed by atoms with Crippen LogP contribution in [0.4, 0.5) is 10.5 Å². The van der Waals surface area contributed by atoms with E-state index in [0.29, 0.717) is 26.2 Å². The Kier molecular flexibility index (Phi) is 12.3. The first kappa shape index (κ1) is 27.0. The molecule has 0 bridgehead atoms. The Labute approximate surface area is 202 Å². The largest absolute Gasteiger partial charge is 0.450 e. The topological polar surface area (TPSA) is 95.1 Å². The number of guanidine groups is 1. The number of halogens is 1. The fourth-order valence-electron chi connectivity index (χ4n) is 3.08. The molecule has 0 spiro atoms. The summed E-state index contributed by atoms with van der Waals surface area (Å²) in [4.78, 5) is 30.1. The van der Waals surface area contributed by atoms with E-state index in [-0.39, 0.29) is 47.9 Å². The Morgan fingerprint density at radius 3 is 2.35 bits per heavy atom. The molecule has 1 aliphatic rings. The predicted molar refractivity (Wildman–Crippen MR) is 135 cm³/mol. The van der Waals surface area contributed by atoms with Gasteiger partial charge >= 0.3 is 6.09 Å². The second-order valence-corrected chi connectivity index (χ2v) is 7.64. The van der Waals surface area contributed by atoms with Crippen LogP contribution < -0.4 is 16.0 Å². The average Bonchev–Trinajstić information content (AvgIpc) is 2.73. The monoisotopic (exact) mass is 545 g/mol. The van der Waals surface area contributed by atoms with Crippen LogP contribution in [0.25, 0.3) is 0 Å². The maximum absolute atomic E-state index is 11.8. The highest BCUT2D eigenvalue weighted by molar-refractivity contribution is 14.0. The van der Waals surface area contributed by atoms with E-state index in [4.69, 9.17) is 4.74 Å². The van der Waals surface area contributed by atoms with Crippen LogP contribution in [0.3, 0.4) is 0 Å². The highest BCUT2D eigenvalue weighted by atomic mass is 127. The molecule has 0 aromatic heterocycles. The number of piperidine rings is 1. The molecular formula is C22H36IN5O3. The summed E-state index contributed by atoms with van der Waals surface area (Å²) in [5.74, 6) is 0.727. The Bertz CT molecular complexity index is 716. The lowest BCUT2D eigenvalue weighted by molar-refractivity contribution is -0.118. The number of hydrogen-bond acceptors (Lipinski definition) is 4. The van der Waals surface area contributed by atoms with Crippen LogP contribution in [0, 0.1) is 5.92 Å². The number of rotatable bonds is 7. The molecular weight excluding hydrogens is 509 g/mol. The van der Waals surface area contributed by atoms with Gasteiger partial charge in [-0.05, 0) is 44.4 Å². The number of anilines is 1. The van der Waals surface area contributed by atoms with Crippen molar-refractivity contribution in [3.05, 3.63) is 29.8 Å². The molecule has 1 fully saturated rings. The molecule has 1 saturated heterocycles. The molecule has 0 aliphatic carbocycles. The number of ether oxygens (including phenoxy) is 1. The Morgan fingerprint density at radius 1 is 1.16 bits per heavy atom. The zero-order valence-corrected chi connectivity index (χ0v) is 21.3. The predicted octanol–water partition coefficient (Wildman–Crippen LogP) is 3.58. The molecule has 8 nitrogen and oxygen atoms in total. The van der Waals surface area contributed by atoms with Crippen molar-refractivity contribution in [2.45, 2.75) is 53.1 Å². The van der Waals surface area contributed by atoms with E-state index in [1.165, 1.54) is 0 Å². The maximum atomic E-state index is 11.8. The summed E-state index contributed by atoms with van der Waals surface area (Å²) >= 11 is 0. The molecule has 3 N–H and O–H groups in total. The minimum absolute atomic E-state index is 0. The second kappa shape index (κ2) is 14.1. The van der Waals surface area contributed by atoms with E-state index < -0.39 is 0 Å². The summed E-state index contributed by atoms with van der Waals surface area (Å²) in [5, 5.41) is 9.64. The number of nitrogens with zero attached hydrogens (tertiary/aromatic N) is 2. The SMILES string of the molecule is CCNC(=NCc1ccc(NC(=O)C(C)C)cc1)NC1CCN(C(=O)OCC)CC1.I. The van der Waals surface area contributed by atoms with Gasteiger partial charge in [-0.3, -0.25) is 4.79 Å². The van der Waals surface area contributed by atoms with E-state index >= 15 is 0 Å². The van der Waals surface area contributed by atoms with Crippen molar-refractivity contribution >= 4 is 47.6 Å². The summed E-state index contributed by atoms with van der Waals surface area (Å²) in [5.41, 5.74) is 1.85. The zero-order valence-electron chi connectivity index (χ0n) is 18.9. The van der Waals surface area contributed by atoms with Crippen LogP contribution in [0.2, 0.25) is 0 Å². The molecule has 9 heteroatoms. The molecule has 1 aliphatic heterocycles. The molecule has 0 atom stereocenters. The van der Waals surface area contributed by atoms with Gasteiger partial charge in [0.1, 0.15) is 0 Å². The molecule has 2 amide bonds. The van der Waals surface area contributed by atoms with E-state index in [0.717, 1.165) is 36.6 Å². The van der Waals surface area contributed by atoms with Crippen LogP contribution in [-0.4, -0.2) is 55.1 Å². The molecule has 1 heterocycles. The van der Waals surface area contributed by atoms with Gasteiger partial charge in [0, 0.05) is 37.3 Å². The quantitative estimate of drug-likeness (QED) is 0.277. The van der Waals surface area contributed by atoms with Crippen molar-refractivity contribution in [3.63, 3.8) is 0 Å². The number of benzene rings is 1. The fraction of sp³-hybridized carbons (Fsp3) is 0.591. The van der Waals surface area contributed by atoms with E-state index in [1.807, 2.05) is 52.0 Å². The molecule has 1 aromatic carbocycles. The van der Waals surface area contributed by atoms with Gasteiger partial charge in [0.2, 0.25) is 5.91 Å². The van der Waals surface area contributed by atoms with Crippen molar-refractivity contribution in [1.82, 2.24) is 15.5 Å². The van der Waals surface area contributed by atoms with Gasteiger partial charge in [-0.25, -0.2) is 9.79 Å². The summed E-state index contributed by atoms with van der Waals surface area (Å²) in [7, 11) is 0. The van der Waals surface area contributed by atoms with Crippen LogP contribution in [0.5, 0.6) is 0 Å². The highest BCUT2D eigenvalue weighted by Gasteiger charge is 2.24. The molecule has 0 saturated carbocycles. The number of amides is 2. The van der Waals surface area contributed by atoms with Gasteiger partial charge < -0.3 is 25.6 Å². The summed E-state index contributed by atoms with van der Waals surface area (Å²) in [6.07, 6.45) is 1.48. The molecule has 2 rings (SSSR count). The van der Waals surface area contributed by atoms with Crippen LogP contribution in [-0.2, 0) is 16.1 Å². The van der Waals surface area contributed by atoms with E-state index in [1.54, 1.807) is 4.90 Å². The fourth-order valence-corrected chi connectivity index (χ4v) is 3.08. The molecule has 0 unspecified atom stereocenters. The number of nitrogens with one attached hydrogen (secondary N) is 3. The minimum Gasteiger partial charge on any atom is -0.450 e. The van der Waals surface area contributed by atoms with Gasteiger partial charge in [0.15, 0.2) is 5.96 Å². The normalized spacial score (nSPS) is 14.6. The minimum atomic E-state index is -0.232. The third-order valence-corrected chi connectivity index (χ3v) is 4.87. The first-order chi connectivity index (χ1) is 14.4. The average molecular weight is 545 g/mol. The number of carbonyl (C=O) groups excluding carboxylic acids is 2. The van der Waals surface area contributed by atoms with E-state index in [9.17, 15) is 9.59 Å². The Balaban J connectivity index is 0.00000480. The van der Waals surface area contributed by atoms with Gasteiger partial charge in [-0.1, -0.05) is 26.0 Å². The van der Waals surface area contributed by atoms with Crippen LogP contribution in [0.1, 0.15) is 46.1 Å². The summed E-state index contributed by atoms with van der Waals surface area (Å²) in [6, 6.07) is 8.01. The highest BCUT2D eigenvalue weighted by Crippen LogP contribution is 2.13. The Morgan fingerprint density at radius 2 is 1.81 bits per heavy atom. The zero-order chi connectivity index (χ0) is 21.9. The van der Waals surface area contributed by atoms with Gasteiger partial charge in [-0.15, -0.1) is 24.0 Å². The lowest BCUT2D eigenvalue weighted by Gasteiger charge is -2.32. The van der Waals surface area contributed by atoms with Gasteiger partial charge in [0.25, 0.3) is 0 Å². The molecule has 31 heavy (non-hydrogen) atoms. The summed E-state index contributed by atoms with van der Waals surface area (Å²) < 4.78 is 5.07.